The molecule has 0 amide bonds. The van der Waals surface area contributed by atoms with Crippen LogP contribution in [0.4, 0.5) is 10.1 Å². The topological polar surface area (TPSA) is 64.4 Å². The average molecular weight is 529 g/mol. The number of unbranched alkanes of at least 4 members (excludes halogenated alkanes) is 2. The lowest BCUT2D eigenvalue weighted by Gasteiger charge is -2.20. The molecule has 214 valence electrons. The molecule has 5 heteroatoms. The van der Waals surface area contributed by atoms with Crippen LogP contribution in [0.15, 0.2) is 49.0 Å². The summed E-state index contributed by atoms with van der Waals surface area (Å²) in [7, 11) is 3.75. The third kappa shape index (κ3) is 16.2. The van der Waals surface area contributed by atoms with Crippen LogP contribution in [0.2, 0.25) is 0 Å². The third-order valence-corrected chi connectivity index (χ3v) is 6.42. The van der Waals surface area contributed by atoms with Crippen LogP contribution in [-0.2, 0) is 4.79 Å². The highest BCUT2D eigenvalue weighted by molar-refractivity contribution is 5.73. The maximum absolute atomic E-state index is 12.9. The van der Waals surface area contributed by atoms with Crippen LogP contribution in [0, 0.1) is 5.82 Å². The van der Waals surface area contributed by atoms with Gasteiger partial charge in [-0.2, -0.15) is 0 Å². The molecule has 0 heterocycles. The smallest absolute Gasteiger partial charge is 0.123 e. The van der Waals surface area contributed by atoms with Gasteiger partial charge in [-0.15, -0.1) is 0 Å². The second kappa shape index (κ2) is 22.3. The number of nitrogens with one attached hydrogen (secondary N) is 1. The molecular formula is C33H53FN2O2. The lowest BCUT2D eigenvalue weighted by molar-refractivity contribution is -0.107. The summed E-state index contributed by atoms with van der Waals surface area (Å²) in [6.45, 7) is 12.4. The Labute approximate surface area is 232 Å². The van der Waals surface area contributed by atoms with E-state index in [0.29, 0.717) is 11.6 Å². The van der Waals surface area contributed by atoms with E-state index in [1.807, 2.05) is 12.1 Å². The Morgan fingerprint density at radius 3 is 2.16 bits per heavy atom. The number of hydrogen-bond acceptors (Lipinski definition) is 4. The van der Waals surface area contributed by atoms with Gasteiger partial charge in [-0.25, -0.2) is 4.39 Å². The van der Waals surface area contributed by atoms with Gasteiger partial charge in [0, 0.05) is 23.7 Å². The summed E-state index contributed by atoms with van der Waals surface area (Å²) >= 11 is 0. The molecule has 1 aliphatic rings. The number of ether oxygens (including phenoxy) is 1. The number of methoxy groups -OCH3 is 1. The van der Waals surface area contributed by atoms with Gasteiger partial charge >= 0.3 is 0 Å². The largest absolute Gasteiger partial charge is 0.497 e. The van der Waals surface area contributed by atoms with Crippen molar-refractivity contribution in [1.82, 2.24) is 5.32 Å². The summed E-state index contributed by atoms with van der Waals surface area (Å²) < 4.78 is 17.9. The van der Waals surface area contributed by atoms with Gasteiger partial charge in [0.25, 0.3) is 0 Å². The molecule has 1 aliphatic carbocycles. The fourth-order valence-corrected chi connectivity index (χ4v) is 3.94. The van der Waals surface area contributed by atoms with Crippen molar-refractivity contribution in [3.8, 4) is 5.75 Å². The number of halogens is 1. The number of allylic oxidation sites excluding steroid dienone is 1. The second-order valence-electron chi connectivity index (χ2n) is 9.95. The molecule has 38 heavy (non-hydrogen) atoms. The van der Waals surface area contributed by atoms with Crippen molar-refractivity contribution >= 4 is 17.5 Å². The van der Waals surface area contributed by atoms with E-state index in [9.17, 15) is 9.18 Å². The maximum atomic E-state index is 12.9. The molecule has 2 aromatic carbocycles. The minimum Gasteiger partial charge on any atom is -0.497 e. The van der Waals surface area contributed by atoms with E-state index in [4.69, 9.17) is 10.5 Å². The van der Waals surface area contributed by atoms with E-state index in [0.717, 1.165) is 61.3 Å². The van der Waals surface area contributed by atoms with Gasteiger partial charge in [-0.1, -0.05) is 78.5 Å². The monoisotopic (exact) mass is 528 g/mol. The SMILES string of the molecule is C=C(CCC)c1cc(F)ccc1N.CCCCC=O.CNC1CCCCC1.COc1ccc(C(C)C)cc1. The molecule has 0 radical (unpaired) electrons. The maximum Gasteiger partial charge on any atom is 0.123 e. The summed E-state index contributed by atoms with van der Waals surface area (Å²) in [5.41, 5.74) is 9.28. The van der Waals surface area contributed by atoms with Crippen molar-refractivity contribution < 1.29 is 13.9 Å². The molecule has 1 saturated carbocycles. The predicted octanol–water partition coefficient (Wildman–Crippen LogP) is 8.95. The highest BCUT2D eigenvalue weighted by Crippen LogP contribution is 2.24. The number of nitrogen functional groups attached to an aromatic ring is 1. The first-order valence-corrected chi connectivity index (χ1v) is 14.2. The van der Waals surface area contributed by atoms with Crippen LogP contribution in [-0.4, -0.2) is 26.5 Å². The zero-order valence-corrected chi connectivity index (χ0v) is 24.8. The van der Waals surface area contributed by atoms with Crippen molar-refractivity contribution in [3.63, 3.8) is 0 Å². The van der Waals surface area contributed by atoms with Crippen LogP contribution in [0.1, 0.15) is 109 Å². The molecule has 0 bridgehead atoms. The Hall–Kier alpha value is -2.66. The average Bonchev–Trinajstić information content (AvgIpc) is 2.94. The van der Waals surface area contributed by atoms with Crippen LogP contribution in [0.3, 0.4) is 0 Å². The Morgan fingerprint density at radius 1 is 1.11 bits per heavy atom. The molecule has 2 aromatic rings. The number of aldehydes is 1. The summed E-state index contributed by atoms with van der Waals surface area (Å²) in [6, 6.07) is 13.4. The van der Waals surface area contributed by atoms with Gasteiger partial charge < -0.3 is 20.6 Å². The van der Waals surface area contributed by atoms with Gasteiger partial charge in [-0.3, -0.25) is 0 Å². The Kier molecular flexibility index (Phi) is 20.8. The van der Waals surface area contributed by atoms with E-state index in [1.54, 1.807) is 13.2 Å². The number of benzene rings is 2. The van der Waals surface area contributed by atoms with Crippen LogP contribution >= 0.6 is 0 Å². The standard InChI is InChI=1S/C11H14FN.C10H14O.C7H15N.C5H10O/c1-3-4-8(2)10-7-9(12)5-6-11(10)13;1-8(2)9-4-6-10(11-3)7-5-9;1-8-7-5-3-2-4-6-7;1-2-3-4-5-6/h5-7H,2-4,13H2,1H3;4-8H,1-3H3;7-8H,2-6H2,1H3;5H,2-4H2,1H3. The van der Waals surface area contributed by atoms with E-state index in [-0.39, 0.29) is 5.82 Å². The van der Waals surface area contributed by atoms with Crippen LogP contribution in [0.25, 0.3) is 5.57 Å². The Balaban J connectivity index is 0.000000500. The van der Waals surface area contributed by atoms with Crippen LogP contribution in [0.5, 0.6) is 5.75 Å². The minimum absolute atomic E-state index is 0.263. The Morgan fingerprint density at radius 2 is 1.74 bits per heavy atom. The zero-order chi connectivity index (χ0) is 28.8. The molecule has 4 nitrogen and oxygen atoms in total. The van der Waals surface area contributed by atoms with Crippen molar-refractivity contribution in [2.45, 2.75) is 104 Å². The highest BCUT2D eigenvalue weighted by Gasteiger charge is 2.09. The number of rotatable bonds is 9. The molecule has 0 atom stereocenters. The molecule has 0 saturated heterocycles. The predicted molar refractivity (Wildman–Crippen MR) is 163 cm³/mol. The van der Waals surface area contributed by atoms with Crippen molar-refractivity contribution in [1.29, 1.82) is 0 Å². The first-order chi connectivity index (χ1) is 18.2. The number of carbonyl (C=O) groups excluding carboxylic acids is 1. The van der Waals surface area contributed by atoms with Gasteiger partial charge in [0.15, 0.2) is 0 Å². The molecule has 0 aliphatic heterocycles. The van der Waals surface area contributed by atoms with E-state index in [2.05, 4.69) is 58.8 Å². The number of hydrogen-bond donors (Lipinski definition) is 2. The fraction of sp³-hybridized carbons (Fsp3) is 0.545. The number of nitrogens with two attached hydrogens (primary N) is 1. The lowest BCUT2D eigenvalue weighted by Crippen LogP contribution is -2.26. The number of anilines is 1. The highest BCUT2D eigenvalue weighted by atomic mass is 19.1. The van der Waals surface area contributed by atoms with Crippen molar-refractivity contribution in [2.24, 2.45) is 0 Å². The van der Waals surface area contributed by atoms with Crippen molar-refractivity contribution in [3.05, 3.63) is 66.0 Å². The minimum atomic E-state index is -0.263. The van der Waals surface area contributed by atoms with Gasteiger partial charge in [0.2, 0.25) is 0 Å². The Bertz CT molecular complexity index is 875. The summed E-state index contributed by atoms with van der Waals surface area (Å²) in [5.74, 6) is 1.26. The van der Waals surface area contributed by atoms with E-state index < -0.39 is 0 Å². The van der Waals surface area contributed by atoms with Crippen molar-refractivity contribution in [2.75, 3.05) is 19.9 Å². The molecule has 0 unspecified atom stereocenters. The molecule has 3 N–H and O–H groups in total. The molecule has 3 rings (SSSR count). The van der Waals surface area contributed by atoms with Crippen LogP contribution < -0.4 is 15.8 Å². The number of carbonyl (C=O) groups is 1. The van der Waals surface area contributed by atoms with E-state index in [1.165, 1.54) is 49.8 Å². The first-order valence-electron chi connectivity index (χ1n) is 14.2. The molecule has 0 spiro atoms. The van der Waals surface area contributed by atoms with Gasteiger partial charge in [-0.05, 0) is 80.1 Å². The van der Waals surface area contributed by atoms with Gasteiger partial charge in [0.1, 0.15) is 17.9 Å². The summed E-state index contributed by atoms with van der Waals surface area (Å²) in [4.78, 5) is 9.56. The van der Waals surface area contributed by atoms with Gasteiger partial charge in [0.05, 0.1) is 7.11 Å². The molecule has 1 fully saturated rings. The normalized spacial score (nSPS) is 12.6. The second-order valence-corrected chi connectivity index (χ2v) is 9.95. The zero-order valence-electron chi connectivity index (χ0n) is 24.8. The first kappa shape index (κ1) is 35.3. The van der Waals surface area contributed by atoms with E-state index >= 15 is 0 Å². The molecular weight excluding hydrogens is 475 g/mol. The molecule has 0 aromatic heterocycles. The fourth-order valence-electron chi connectivity index (χ4n) is 3.94. The summed E-state index contributed by atoms with van der Waals surface area (Å²) in [5, 5.41) is 3.30. The lowest BCUT2D eigenvalue weighted by atomic mass is 9.96. The summed E-state index contributed by atoms with van der Waals surface area (Å²) in [6.07, 6.45) is 12.8. The quantitative estimate of drug-likeness (QED) is 0.194. The third-order valence-electron chi connectivity index (χ3n) is 6.42.